The fraction of sp³-hybridized carbons (Fsp3) is 0.625. The fourth-order valence-electron chi connectivity index (χ4n) is 3.01. The minimum Gasteiger partial charge on any atom is -0.381 e. The summed E-state index contributed by atoms with van der Waals surface area (Å²) in [5.41, 5.74) is 0.426. The van der Waals surface area contributed by atoms with Crippen molar-refractivity contribution in [2.24, 2.45) is 0 Å². The third-order valence-electron chi connectivity index (χ3n) is 4.52. The molecule has 8 nitrogen and oxygen atoms in total. The van der Waals surface area contributed by atoms with Gasteiger partial charge in [0.1, 0.15) is 22.6 Å². The smallest absolute Gasteiger partial charge is 0.259 e. The summed E-state index contributed by atoms with van der Waals surface area (Å²) in [7, 11) is 0. The van der Waals surface area contributed by atoms with E-state index in [0.717, 1.165) is 0 Å². The first kappa shape index (κ1) is 16.6. The quantitative estimate of drug-likeness (QED) is 0.909. The molecule has 130 valence electrons. The molecule has 2 aromatic rings. The molecule has 2 aromatic heterocycles. The number of aryl methyl sites for hydroxylation is 2. The summed E-state index contributed by atoms with van der Waals surface area (Å²) in [5.74, 6) is 0.427. The van der Waals surface area contributed by atoms with E-state index in [2.05, 4.69) is 15.5 Å². The van der Waals surface area contributed by atoms with Crippen LogP contribution in [0.3, 0.4) is 0 Å². The largest absolute Gasteiger partial charge is 0.381 e. The standard InChI is InChI=1S/C16H23N5O3/c1-5-12-14(11(4)18-24-12)15(22)20-7-6-16(23,9-20)13-8-21(10(2)3)19-17-13/h8,10,23H,5-7,9H2,1-4H3/t16-/m1/s1. The van der Waals surface area contributed by atoms with E-state index < -0.39 is 5.60 Å². The van der Waals surface area contributed by atoms with E-state index in [1.165, 1.54) is 0 Å². The summed E-state index contributed by atoms with van der Waals surface area (Å²) >= 11 is 0. The van der Waals surface area contributed by atoms with E-state index in [4.69, 9.17) is 4.52 Å². The van der Waals surface area contributed by atoms with Gasteiger partial charge in [0.05, 0.1) is 18.4 Å². The second-order valence-corrected chi connectivity index (χ2v) is 6.61. The molecule has 0 unspecified atom stereocenters. The first-order chi connectivity index (χ1) is 11.4. The van der Waals surface area contributed by atoms with Gasteiger partial charge in [-0.3, -0.25) is 4.79 Å². The molecule has 1 aliphatic rings. The summed E-state index contributed by atoms with van der Waals surface area (Å²) in [6.45, 7) is 8.31. The third-order valence-corrected chi connectivity index (χ3v) is 4.52. The number of carbonyl (C=O) groups excluding carboxylic acids is 1. The molecule has 3 rings (SSSR count). The van der Waals surface area contributed by atoms with Crippen LogP contribution in [0.2, 0.25) is 0 Å². The topological polar surface area (TPSA) is 97.3 Å². The van der Waals surface area contributed by atoms with Crippen molar-refractivity contribution >= 4 is 5.91 Å². The van der Waals surface area contributed by atoms with Crippen molar-refractivity contribution in [3.05, 3.63) is 28.9 Å². The molecule has 1 fully saturated rings. The van der Waals surface area contributed by atoms with Crippen molar-refractivity contribution in [1.82, 2.24) is 25.1 Å². The number of hydrogen-bond donors (Lipinski definition) is 1. The molecule has 24 heavy (non-hydrogen) atoms. The molecule has 1 amide bonds. The number of likely N-dealkylation sites (tertiary alicyclic amines) is 1. The Kier molecular flexibility index (Phi) is 4.16. The van der Waals surface area contributed by atoms with E-state index in [1.807, 2.05) is 20.8 Å². The van der Waals surface area contributed by atoms with Gasteiger partial charge in [-0.1, -0.05) is 17.3 Å². The lowest BCUT2D eigenvalue weighted by molar-refractivity contribution is 0.0381. The summed E-state index contributed by atoms with van der Waals surface area (Å²) in [6.07, 6.45) is 2.78. The van der Waals surface area contributed by atoms with Crippen LogP contribution < -0.4 is 0 Å². The molecule has 0 bridgehead atoms. The van der Waals surface area contributed by atoms with Crippen molar-refractivity contribution in [3.63, 3.8) is 0 Å². The number of rotatable bonds is 4. The van der Waals surface area contributed by atoms with E-state index in [1.54, 1.807) is 22.7 Å². The number of aliphatic hydroxyl groups is 1. The molecular weight excluding hydrogens is 310 g/mol. The fourth-order valence-corrected chi connectivity index (χ4v) is 3.01. The zero-order chi connectivity index (χ0) is 17.5. The average molecular weight is 333 g/mol. The second kappa shape index (κ2) is 6.01. The van der Waals surface area contributed by atoms with E-state index in [0.29, 0.717) is 42.1 Å². The van der Waals surface area contributed by atoms with Crippen LogP contribution >= 0.6 is 0 Å². The zero-order valence-electron chi connectivity index (χ0n) is 14.5. The number of amides is 1. The molecule has 0 radical (unpaired) electrons. The highest BCUT2D eigenvalue weighted by Gasteiger charge is 2.43. The lowest BCUT2D eigenvalue weighted by atomic mass is 10.00. The van der Waals surface area contributed by atoms with Crippen molar-refractivity contribution in [2.45, 2.75) is 52.2 Å². The molecular formula is C16H23N5O3. The van der Waals surface area contributed by atoms with Gasteiger partial charge < -0.3 is 14.5 Å². The Balaban J connectivity index is 1.81. The molecule has 0 aliphatic carbocycles. The van der Waals surface area contributed by atoms with Crippen molar-refractivity contribution < 1.29 is 14.4 Å². The van der Waals surface area contributed by atoms with Gasteiger partial charge in [-0.05, 0) is 20.8 Å². The normalized spacial score (nSPS) is 21.0. The van der Waals surface area contributed by atoms with Gasteiger partial charge in [0.2, 0.25) is 0 Å². The van der Waals surface area contributed by atoms with Gasteiger partial charge in [-0.15, -0.1) is 5.10 Å². The Bertz CT molecular complexity index is 751. The van der Waals surface area contributed by atoms with E-state index in [9.17, 15) is 9.90 Å². The Morgan fingerprint density at radius 2 is 2.25 bits per heavy atom. The number of hydrogen-bond acceptors (Lipinski definition) is 6. The van der Waals surface area contributed by atoms with Crippen molar-refractivity contribution in [1.29, 1.82) is 0 Å². The van der Waals surface area contributed by atoms with Gasteiger partial charge in [0.25, 0.3) is 5.91 Å². The minimum absolute atomic E-state index is 0.155. The maximum atomic E-state index is 12.8. The van der Waals surface area contributed by atoms with Gasteiger partial charge >= 0.3 is 0 Å². The lowest BCUT2D eigenvalue weighted by Gasteiger charge is -2.21. The lowest BCUT2D eigenvalue weighted by Crippen LogP contribution is -2.35. The van der Waals surface area contributed by atoms with Gasteiger partial charge in [0.15, 0.2) is 0 Å². The summed E-state index contributed by atoms with van der Waals surface area (Å²) < 4.78 is 6.91. The van der Waals surface area contributed by atoms with Gasteiger partial charge in [-0.25, -0.2) is 4.68 Å². The highest BCUT2D eigenvalue weighted by Crippen LogP contribution is 2.32. The number of nitrogens with zero attached hydrogens (tertiary/aromatic N) is 5. The molecule has 3 heterocycles. The van der Waals surface area contributed by atoms with Crippen LogP contribution in [0.15, 0.2) is 10.7 Å². The average Bonchev–Trinajstić information content (AvgIpc) is 3.24. The van der Waals surface area contributed by atoms with Crippen LogP contribution in [0.4, 0.5) is 0 Å². The van der Waals surface area contributed by atoms with Crippen LogP contribution in [0, 0.1) is 6.92 Å². The van der Waals surface area contributed by atoms with Gasteiger partial charge in [0, 0.05) is 25.4 Å². The number of aromatic nitrogens is 4. The maximum Gasteiger partial charge on any atom is 0.259 e. The molecule has 1 atom stereocenters. The molecule has 0 spiro atoms. The van der Waals surface area contributed by atoms with Crippen LogP contribution in [0.25, 0.3) is 0 Å². The number of β-amino-alcohol motifs (C(OH)–C–C–N with tert-alkyl or cyclic N) is 1. The first-order valence-corrected chi connectivity index (χ1v) is 8.25. The molecule has 8 heteroatoms. The van der Waals surface area contributed by atoms with Crippen LogP contribution in [0.5, 0.6) is 0 Å². The SMILES string of the molecule is CCc1onc(C)c1C(=O)N1CC[C@](O)(c2cn(C(C)C)nn2)C1. The Morgan fingerprint density at radius 1 is 1.50 bits per heavy atom. The highest BCUT2D eigenvalue weighted by atomic mass is 16.5. The molecule has 1 N–H and O–H groups in total. The Hall–Kier alpha value is -2.22. The van der Waals surface area contributed by atoms with Gasteiger partial charge in [-0.2, -0.15) is 0 Å². The monoisotopic (exact) mass is 333 g/mol. The Morgan fingerprint density at radius 3 is 2.88 bits per heavy atom. The molecule has 0 saturated carbocycles. The second-order valence-electron chi connectivity index (χ2n) is 6.61. The van der Waals surface area contributed by atoms with Crippen LogP contribution in [-0.2, 0) is 12.0 Å². The molecule has 0 aromatic carbocycles. The third kappa shape index (κ3) is 2.71. The van der Waals surface area contributed by atoms with Crippen molar-refractivity contribution in [3.8, 4) is 0 Å². The Labute approximate surface area is 140 Å². The number of carbonyl (C=O) groups is 1. The molecule has 1 saturated heterocycles. The van der Waals surface area contributed by atoms with Crippen LogP contribution in [0.1, 0.15) is 60.7 Å². The minimum atomic E-state index is -1.17. The van der Waals surface area contributed by atoms with E-state index >= 15 is 0 Å². The molecule has 1 aliphatic heterocycles. The predicted molar refractivity (Wildman–Crippen MR) is 85.4 cm³/mol. The van der Waals surface area contributed by atoms with Crippen LogP contribution in [-0.4, -0.2) is 49.2 Å². The van der Waals surface area contributed by atoms with Crippen molar-refractivity contribution in [2.75, 3.05) is 13.1 Å². The van der Waals surface area contributed by atoms with E-state index in [-0.39, 0.29) is 18.5 Å². The highest BCUT2D eigenvalue weighted by molar-refractivity contribution is 5.96. The maximum absolute atomic E-state index is 12.8. The predicted octanol–water partition coefficient (Wildman–Crippen LogP) is 1.45. The summed E-state index contributed by atoms with van der Waals surface area (Å²) in [6, 6.07) is 0.167. The summed E-state index contributed by atoms with van der Waals surface area (Å²) in [5, 5.41) is 22.9. The summed E-state index contributed by atoms with van der Waals surface area (Å²) in [4.78, 5) is 14.4. The first-order valence-electron chi connectivity index (χ1n) is 8.25. The zero-order valence-corrected chi connectivity index (χ0v) is 14.5.